The highest BCUT2D eigenvalue weighted by Crippen LogP contribution is 2.32. The molecule has 15 heavy (non-hydrogen) atoms. The van der Waals surface area contributed by atoms with Crippen LogP contribution >= 0.6 is 12.2 Å². The Morgan fingerprint density at radius 2 is 2.47 bits per heavy atom. The molecule has 2 N–H and O–H groups in total. The maximum atomic E-state index is 9.13. The van der Waals surface area contributed by atoms with Gasteiger partial charge in [0.15, 0.2) is 10.6 Å². The predicted molar refractivity (Wildman–Crippen MR) is 57.0 cm³/mol. The molecule has 0 amide bonds. The van der Waals surface area contributed by atoms with E-state index in [1.807, 2.05) is 4.57 Å². The lowest BCUT2D eigenvalue weighted by molar-refractivity contribution is 0.105. The van der Waals surface area contributed by atoms with E-state index >= 15 is 0 Å². The molecule has 1 aliphatic rings. The van der Waals surface area contributed by atoms with E-state index in [2.05, 4.69) is 10.2 Å². The minimum absolute atomic E-state index is 0.0821. The highest BCUT2D eigenvalue weighted by molar-refractivity contribution is 7.71. The van der Waals surface area contributed by atoms with Gasteiger partial charge in [0, 0.05) is 13.2 Å². The van der Waals surface area contributed by atoms with Crippen LogP contribution < -0.4 is 0 Å². The molecule has 1 fully saturated rings. The van der Waals surface area contributed by atoms with Crippen molar-refractivity contribution in [1.82, 2.24) is 14.8 Å². The Balaban J connectivity index is 2.22. The Labute approximate surface area is 93.1 Å². The number of methoxy groups -OCH3 is 1. The largest absolute Gasteiger partial charge is 0.388 e. The number of H-pyrrole nitrogens is 1. The molecule has 0 spiro atoms. The molecule has 0 aliphatic heterocycles. The molecule has 1 aromatic heterocycles. The second-order valence-corrected chi connectivity index (χ2v) is 4.18. The SMILES string of the molecule is COC1CCC(n2c(CO)n[nH]c2=S)C1. The summed E-state index contributed by atoms with van der Waals surface area (Å²) in [6.07, 6.45) is 3.31. The average molecular weight is 229 g/mol. The fourth-order valence-corrected chi connectivity index (χ4v) is 2.49. The third-order valence-corrected chi connectivity index (χ3v) is 3.26. The highest BCUT2D eigenvalue weighted by atomic mass is 32.1. The minimum atomic E-state index is -0.0821. The number of aliphatic hydroxyl groups excluding tert-OH is 1. The van der Waals surface area contributed by atoms with Gasteiger partial charge in [-0.25, -0.2) is 0 Å². The number of nitrogens with zero attached hydrogens (tertiary/aromatic N) is 2. The molecule has 1 saturated carbocycles. The topological polar surface area (TPSA) is 63.1 Å². The van der Waals surface area contributed by atoms with Crippen LogP contribution in [0.2, 0.25) is 0 Å². The lowest BCUT2D eigenvalue weighted by Crippen LogP contribution is -2.12. The molecule has 84 valence electrons. The molecule has 1 heterocycles. The summed E-state index contributed by atoms with van der Waals surface area (Å²) in [5, 5.41) is 15.8. The van der Waals surface area contributed by atoms with Crippen LogP contribution in [-0.4, -0.2) is 33.1 Å². The number of aromatic amines is 1. The van der Waals surface area contributed by atoms with Crippen molar-refractivity contribution in [1.29, 1.82) is 0 Å². The van der Waals surface area contributed by atoms with Gasteiger partial charge < -0.3 is 9.84 Å². The molecule has 0 radical (unpaired) electrons. The van der Waals surface area contributed by atoms with Crippen molar-refractivity contribution >= 4 is 12.2 Å². The second kappa shape index (κ2) is 4.42. The Kier molecular flexibility index (Phi) is 3.18. The molecular formula is C9H15N3O2S. The van der Waals surface area contributed by atoms with Crippen molar-refractivity contribution in [3.8, 4) is 0 Å². The van der Waals surface area contributed by atoms with Gasteiger partial charge in [-0.3, -0.25) is 9.67 Å². The van der Waals surface area contributed by atoms with Gasteiger partial charge >= 0.3 is 0 Å². The van der Waals surface area contributed by atoms with Gasteiger partial charge in [0.1, 0.15) is 6.61 Å². The Bertz CT molecular complexity index is 387. The van der Waals surface area contributed by atoms with Crippen LogP contribution in [0.4, 0.5) is 0 Å². The smallest absolute Gasteiger partial charge is 0.195 e. The van der Waals surface area contributed by atoms with Crippen LogP contribution in [0.3, 0.4) is 0 Å². The third-order valence-electron chi connectivity index (χ3n) is 2.97. The summed E-state index contributed by atoms with van der Waals surface area (Å²) in [5.74, 6) is 0.613. The first-order valence-electron chi connectivity index (χ1n) is 5.05. The molecule has 2 atom stereocenters. The van der Waals surface area contributed by atoms with Crippen molar-refractivity contribution in [2.75, 3.05) is 7.11 Å². The number of aliphatic hydroxyl groups is 1. The van der Waals surface area contributed by atoms with Gasteiger partial charge in [-0.2, -0.15) is 5.10 Å². The molecular weight excluding hydrogens is 214 g/mol. The van der Waals surface area contributed by atoms with E-state index in [1.54, 1.807) is 7.11 Å². The van der Waals surface area contributed by atoms with Crippen molar-refractivity contribution in [2.24, 2.45) is 0 Å². The van der Waals surface area contributed by atoms with Crippen molar-refractivity contribution < 1.29 is 9.84 Å². The maximum Gasteiger partial charge on any atom is 0.195 e. The van der Waals surface area contributed by atoms with Crippen LogP contribution in [0.25, 0.3) is 0 Å². The van der Waals surface area contributed by atoms with E-state index in [4.69, 9.17) is 22.1 Å². The van der Waals surface area contributed by atoms with E-state index in [9.17, 15) is 0 Å². The van der Waals surface area contributed by atoms with Gasteiger partial charge in [0.05, 0.1) is 6.10 Å². The van der Waals surface area contributed by atoms with Gasteiger partial charge in [0.2, 0.25) is 0 Å². The zero-order valence-corrected chi connectivity index (χ0v) is 9.46. The Hall–Kier alpha value is -0.720. The van der Waals surface area contributed by atoms with Gasteiger partial charge in [0.25, 0.3) is 0 Å². The fraction of sp³-hybridized carbons (Fsp3) is 0.778. The average Bonchev–Trinajstić information content (AvgIpc) is 2.83. The zero-order chi connectivity index (χ0) is 10.8. The third kappa shape index (κ3) is 1.97. The Morgan fingerprint density at radius 3 is 3.07 bits per heavy atom. The van der Waals surface area contributed by atoms with Crippen LogP contribution in [0.5, 0.6) is 0 Å². The van der Waals surface area contributed by atoms with Crippen LogP contribution in [0.1, 0.15) is 31.1 Å². The summed E-state index contributed by atoms with van der Waals surface area (Å²) < 4.78 is 7.81. The lowest BCUT2D eigenvalue weighted by Gasteiger charge is -2.13. The molecule has 0 saturated heterocycles. The van der Waals surface area contributed by atoms with Crippen LogP contribution in [-0.2, 0) is 11.3 Å². The van der Waals surface area contributed by atoms with Gasteiger partial charge in [-0.05, 0) is 31.5 Å². The normalized spacial score (nSPS) is 26.0. The zero-order valence-electron chi connectivity index (χ0n) is 8.64. The second-order valence-electron chi connectivity index (χ2n) is 3.80. The fourth-order valence-electron chi connectivity index (χ4n) is 2.19. The number of aromatic nitrogens is 3. The molecule has 5 nitrogen and oxygen atoms in total. The Morgan fingerprint density at radius 1 is 1.67 bits per heavy atom. The summed E-state index contributed by atoms with van der Waals surface area (Å²) >= 11 is 5.14. The summed E-state index contributed by atoms with van der Waals surface area (Å²) in [5.41, 5.74) is 0. The number of hydrogen-bond acceptors (Lipinski definition) is 4. The molecule has 2 rings (SSSR count). The first-order chi connectivity index (χ1) is 7.26. The molecule has 0 aromatic carbocycles. The summed E-state index contributed by atoms with van der Waals surface area (Å²) in [6, 6.07) is 0.309. The van der Waals surface area contributed by atoms with Crippen LogP contribution in [0, 0.1) is 4.77 Å². The summed E-state index contributed by atoms with van der Waals surface area (Å²) in [7, 11) is 1.73. The van der Waals surface area contributed by atoms with Crippen LogP contribution in [0.15, 0.2) is 0 Å². The summed E-state index contributed by atoms with van der Waals surface area (Å²) in [6.45, 7) is -0.0821. The van der Waals surface area contributed by atoms with E-state index in [0.717, 1.165) is 19.3 Å². The molecule has 6 heteroatoms. The van der Waals surface area contributed by atoms with E-state index < -0.39 is 0 Å². The highest BCUT2D eigenvalue weighted by Gasteiger charge is 2.27. The number of rotatable bonds is 3. The standard InChI is InChI=1S/C9H15N3O2S/c1-14-7-3-2-6(4-7)12-8(5-13)10-11-9(12)15/h6-7,13H,2-5H2,1H3,(H,11,15). The first-order valence-corrected chi connectivity index (χ1v) is 5.46. The van der Waals surface area contributed by atoms with E-state index in [-0.39, 0.29) is 6.61 Å². The van der Waals surface area contributed by atoms with E-state index in [0.29, 0.717) is 22.7 Å². The molecule has 1 aliphatic carbocycles. The molecule has 1 aromatic rings. The lowest BCUT2D eigenvalue weighted by atomic mass is 10.2. The van der Waals surface area contributed by atoms with E-state index in [1.165, 1.54) is 0 Å². The molecule has 2 unspecified atom stereocenters. The quantitative estimate of drug-likeness (QED) is 0.764. The number of ether oxygens (including phenoxy) is 1. The van der Waals surface area contributed by atoms with Gasteiger partial charge in [-0.15, -0.1) is 0 Å². The predicted octanol–water partition coefficient (Wildman–Crippen LogP) is 1.17. The monoisotopic (exact) mass is 229 g/mol. The van der Waals surface area contributed by atoms with Crippen molar-refractivity contribution in [2.45, 2.75) is 38.0 Å². The summed E-state index contributed by atoms with van der Waals surface area (Å²) in [4.78, 5) is 0. The minimum Gasteiger partial charge on any atom is -0.388 e. The van der Waals surface area contributed by atoms with Crippen molar-refractivity contribution in [3.63, 3.8) is 0 Å². The maximum absolute atomic E-state index is 9.13. The van der Waals surface area contributed by atoms with Gasteiger partial charge in [-0.1, -0.05) is 0 Å². The number of nitrogens with one attached hydrogen (secondary N) is 1. The first kappa shape index (κ1) is 10.8. The number of hydrogen-bond donors (Lipinski definition) is 2. The van der Waals surface area contributed by atoms with Crippen molar-refractivity contribution in [3.05, 3.63) is 10.6 Å². The molecule has 0 bridgehead atoms.